The highest BCUT2D eigenvalue weighted by Crippen LogP contribution is 2.16. The lowest BCUT2D eigenvalue weighted by Gasteiger charge is -2.22. The Balaban J connectivity index is 0.00000280. The molecule has 3 N–H and O–H groups in total. The van der Waals surface area contributed by atoms with Crippen molar-refractivity contribution >= 4 is 29.9 Å². The Kier molecular flexibility index (Phi) is 8.47. The molecule has 1 atom stereocenters. The molecule has 0 radical (unpaired) electrons. The number of benzene rings is 1. The van der Waals surface area contributed by atoms with Gasteiger partial charge in [-0.25, -0.2) is 0 Å². The summed E-state index contributed by atoms with van der Waals surface area (Å²) < 4.78 is 1.88. The monoisotopic (exact) mass is 405 g/mol. The lowest BCUT2D eigenvalue weighted by Crippen LogP contribution is -2.32. The van der Waals surface area contributed by atoms with Crippen LogP contribution in [-0.4, -0.2) is 34.7 Å². The van der Waals surface area contributed by atoms with Crippen molar-refractivity contribution in [2.75, 3.05) is 18.4 Å². The highest BCUT2D eigenvalue weighted by Gasteiger charge is 2.17. The maximum atomic E-state index is 12.3. The summed E-state index contributed by atoms with van der Waals surface area (Å²) in [6, 6.07) is 9.56. The first-order valence-electron chi connectivity index (χ1n) is 9.58. The number of nitrogens with one attached hydrogen (secondary N) is 3. The Morgan fingerprint density at radius 1 is 1.25 bits per heavy atom. The molecule has 0 saturated carbocycles. The minimum absolute atomic E-state index is 0. The molecule has 28 heavy (non-hydrogen) atoms. The molecule has 1 aromatic heterocycles. The van der Waals surface area contributed by atoms with Gasteiger partial charge in [0.05, 0.1) is 6.04 Å². The molecule has 1 fully saturated rings. The Morgan fingerprint density at radius 3 is 2.71 bits per heavy atom. The molecular formula is C20H28ClN5O2. The van der Waals surface area contributed by atoms with Crippen molar-refractivity contribution in [2.24, 2.45) is 0 Å². The summed E-state index contributed by atoms with van der Waals surface area (Å²) >= 11 is 0. The van der Waals surface area contributed by atoms with Gasteiger partial charge in [0, 0.05) is 31.4 Å². The third-order valence-electron chi connectivity index (χ3n) is 4.65. The molecule has 1 saturated heterocycles. The molecule has 1 aliphatic rings. The molecule has 3 rings (SSSR count). The van der Waals surface area contributed by atoms with Crippen molar-refractivity contribution in [3.05, 3.63) is 47.8 Å². The number of aromatic nitrogens is 2. The molecule has 8 heteroatoms. The molecular weight excluding hydrogens is 378 g/mol. The fourth-order valence-corrected chi connectivity index (χ4v) is 3.15. The summed E-state index contributed by atoms with van der Waals surface area (Å²) in [5.41, 5.74) is 2.17. The van der Waals surface area contributed by atoms with E-state index in [-0.39, 0.29) is 24.2 Å². The third kappa shape index (κ3) is 6.07. The van der Waals surface area contributed by atoms with Crippen LogP contribution in [0.5, 0.6) is 0 Å². The van der Waals surface area contributed by atoms with Gasteiger partial charge in [0.15, 0.2) is 0 Å². The number of hydrogen-bond donors (Lipinski definition) is 3. The molecule has 7 nitrogen and oxygen atoms in total. The Labute approximate surface area is 171 Å². The zero-order valence-electron chi connectivity index (χ0n) is 16.1. The maximum Gasteiger partial charge on any atom is 0.272 e. The molecule has 152 valence electrons. The Morgan fingerprint density at radius 2 is 2.04 bits per heavy atom. The molecule has 1 aromatic carbocycles. The number of rotatable bonds is 7. The van der Waals surface area contributed by atoms with Crippen molar-refractivity contribution in [2.45, 2.75) is 45.2 Å². The van der Waals surface area contributed by atoms with Gasteiger partial charge in [-0.2, -0.15) is 5.10 Å². The SMILES string of the molecule is CCCC(=O)Nc1ccc(CNC(=O)c2ccn(C3CCCNC3)n2)cc1.Cl. The van der Waals surface area contributed by atoms with Gasteiger partial charge in [-0.3, -0.25) is 14.3 Å². The van der Waals surface area contributed by atoms with Crippen LogP contribution < -0.4 is 16.0 Å². The van der Waals surface area contributed by atoms with E-state index in [1.165, 1.54) is 0 Å². The standard InChI is InChI=1S/C20H27N5O2.ClH/c1-2-4-19(26)23-16-8-6-15(7-9-16)13-22-20(27)18-10-12-25(24-18)17-5-3-11-21-14-17;/h6-10,12,17,21H,2-5,11,13-14H2,1H3,(H,22,27)(H,23,26);1H. The fraction of sp³-hybridized carbons (Fsp3) is 0.450. The summed E-state index contributed by atoms with van der Waals surface area (Å²) in [6.07, 6.45) is 5.42. The van der Waals surface area contributed by atoms with E-state index >= 15 is 0 Å². The van der Waals surface area contributed by atoms with Gasteiger partial charge in [-0.05, 0) is 49.6 Å². The molecule has 0 spiro atoms. The van der Waals surface area contributed by atoms with E-state index < -0.39 is 0 Å². The van der Waals surface area contributed by atoms with Crippen molar-refractivity contribution in [3.8, 4) is 0 Å². The van der Waals surface area contributed by atoms with Crippen molar-refractivity contribution in [1.82, 2.24) is 20.4 Å². The number of hydrogen-bond acceptors (Lipinski definition) is 4. The lowest BCUT2D eigenvalue weighted by atomic mass is 10.1. The Bertz CT molecular complexity index is 769. The van der Waals surface area contributed by atoms with Crippen LogP contribution in [0.25, 0.3) is 0 Å². The van der Waals surface area contributed by atoms with Gasteiger partial charge in [0.1, 0.15) is 5.69 Å². The highest BCUT2D eigenvalue weighted by atomic mass is 35.5. The van der Waals surface area contributed by atoms with Gasteiger partial charge in [0.2, 0.25) is 5.91 Å². The van der Waals surface area contributed by atoms with E-state index in [4.69, 9.17) is 0 Å². The van der Waals surface area contributed by atoms with Crippen LogP contribution in [0.15, 0.2) is 36.5 Å². The average molecular weight is 406 g/mol. The van der Waals surface area contributed by atoms with Crippen molar-refractivity contribution < 1.29 is 9.59 Å². The zero-order chi connectivity index (χ0) is 19.1. The van der Waals surface area contributed by atoms with Crippen LogP contribution in [0.3, 0.4) is 0 Å². The predicted molar refractivity (Wildman–Crippen MR) is 112 cm³/mol. The number of halogens is 1. The molecule has 1 aliphatic heterocycles. The molecule has 0 bridgehead atoms. The van der Waals surface area contributed by atoms with Crippen LogP contribution in [0, 0.1) is 0 Å². The topological polar surface area (TPSA) is 88.0 Å². The average Bonchev–Trinajstić information content (AvgIpc) is 3.18. The van der Waals surface area contributed by atoms with Gasteiger partial charge < -0.3 is 16.0 Å². The lowest BCUT2D eigenvalue weighted by molar-refractivity contribution is -0.116. The summed E-state index contributed by atoms with van der Waals surface area (Å²) in [5.74, 6) is -0.167. The molecule has 0 aliphatic carbocycles. The van der Waals surface area contributed by atoms with E-state index in [0.717, 1.165) is 43.6 Å². The molecule has 1 unspecified atom stereocenters. The zero-order valence-corrected chi connectivity index (χ0v) is 16.9. The number of carbonyl (C=O) groups is 2. The number of anilines is 1. The van der Waals surface area contributed by atoms with E-state index in [0.29, 0.717) is 24.7 Å². The van der Waals surface area contributed by atoms with Crippen LogP contribution in [-0.2, 0) is 11.3 Å². The van der Waals surface area contributed by atoms with Crippen LogP contribution >= 0.6 is 12.4 Å². The minimum atomic E-state index is -0.183. The van der Waals surface area contributed by atoms with Crippen LogP contribution in [0.1, 0.15) is 54.7 Å². The van der Waals surface area contributed by atoms with Crippen molar-refractivity contribution in [3.63, 3.8) is 0 Å². The van der Waals surface area contributed by atoms with E-state index in [9.17, 15) is 9.59 Å². The van der Waals surface area contributed by atoms with Gasteiger partial charge in [-0.15, -0.1) is 12.4 Å². The van der Waals surface area contributed by atoms with Crippen LogP contribution in [0.2, 0.25) is 0 Å². The normalized spacial score (nSPS) is 16.1. The largest absolute Gasteiger partial charge is 0.347 e. The molecule has 2 aromatic rings. The molecule has 2 amide bonds. The highest BCUT2D eigenvalue weighted by molar-refractivity contribution is 5.92. The first-order chi connectivity index (χ1) is 13.2. The Hall–Kier alpha value is -2.38. The quantitative estimate of drug-likeness (QED) is 0.660. The maximum absolute atomic E-state index is 12.3. The van der Waals surface area contributed by atoms with Gasteiger partial charge >= 0.3 is 0 Å². The third-order valence-corrected chi connectivity index (χ3v) is 4.65. The summed E-state index contributed by atoms with van der Waals surface area (Å²) in [7, 11) is 0. The smallest absolute Gasteiger partial charge is 0.272 e. The minimum Gasteiger partial charge on any atom is -0.347 e. The second kappa shape index (κ2) is 10.8. The number of piperidine rings is 1. The molecule has 2 heterocycles. The fourth-order valence-electron chi connectivity index (χ4n) is 3.15. The van der Waals surface area contributed by atoms with E-state index in [1.54, 1.807) is 6.07 Å². The van der Waals surface area contributed by atoms with Crippen LogP contribution in [0.4, 0.5) is 5.69 Å². The first-order valence-corrected chi connectivity index (χ1v) is 9.58. The summed E-state index contributed by atoms with van der Waals surface area (Å²) in [6.45, 7) is 4.33. The summed E-state index contributed by atoms with van der Waals surface area (Å²) in [4.78, 5) is 23.9. The van der Waals surface area contributed by atoms with Gasteiger partial charge in [-0.1, -0.05) is 19.1 Å². The second-order valence-electron chi connectivity index (χ2n) is 6.86. The number of nitrogens with zero attached hydrogens (tertiary/aromatic N) is 2. The first kappa shape index (κ1) is 21.9. The number of amides is 2. The van der Waals surface area contributed by atoms with Gasteiger partial charge in [0.25, 0.3) is 5.91 Å². The predicted octanol–water partition coefficient (Wildman–Crippen LogP) is 2.90. The second-order valence-corrected chi connectivity index (χ2v) is 6.86. The summed E-state index contributed by atoms with van der Waals surface area (Å²) in [5, 5.41) is 13.5. The van der Waals surface area contributed by atoms with E-state index in [1.807, 2.05) is 42.1 Å². The number of carbonyl (C=O) groups excluding carboxylic acids is 2. The van der Waals surface area contributed by atoms with Crippen molar-refractivity contribution in [1.29, 1.82) is 0 Å². The van der Waals surface area contributed by atoms with E-state index in [2.05, 4.69) is 21.0 Å².